The summed E-state index contributed by atoms with van der Waals surface area (Å²) in [4.78, 5) is 11.3. The van der Waals surface area contributed by atoms with E-state index in [0.29, 0.717) is 10.0 Å². The minimum atomic E-state index is -0.214. The Kier molecular flexibility index (Phi) is 3.41. The van der Waals surface area contributed by atoms with E-state index in [1.807, 2.05) is 12.1 Å². The zero-order chi connectivity index (χ0) is 11.7. The second-order valence-electron chi connectivity index (χ2n) is 4.22. The van der Waals surface area contributed by atoms with Crippen molar-refractivity contribution in [2.45, 2.75) is 25.2 Å². The van der Waals surface area contributed by atoms with Gasteiger partial charge in [0.1, 0.15) is 0 Å². The van der Waals surface area contributed by atoms with Crippen LogP contribution >= 0.6 is 23.2 Å². The maximum atomic E-state index is 11.3. The highest BCUT2D eigenvalue weighted by molar-refractivity contribution is 6.42. The summed E-state index contributed by atoms with van der Waals surface area (Å²) in [6.45, 7) is 0. The second kappa shape index (κ2) is 4.64. The van der Waals surface area contributed by atoms with E-state index >= 15 is 0 Å². The molecule has 2 rings (SSSR count). The first-order valence-corrected chi connectivity index (χ1v) is 6.09. The number of carbonyl (C=O) groups is 1. The molecular weight excluding hydrogens is 245 g/mol. The molecule has 2 N–H and O–H groups in total. The molecule has 0 aromatic heterocycles. The lowest BCUT2D eigenvalue weighted by molar-refractivity contribution is -0.122. The van der Waals surface area contributed by atoms with Crippen molar-refractivity contribution in [2.24, 2.45) is 11.7 Å². The van der Waals surface area contributed by atoms with E-state index in [-0.39, 0.29) is 17.7 Å². The van der Waals surface area contributed by atoms with E-state index < -0.39 is 0 Å². The van der Waals surface area contributed by atoms with E-state index in [4.69, 9.17) is 28.9 Å². The summed E-state index contributed by atoms with van der Waals surface area (Å²) in [5.41, 5.74) is 6.46. The maximum absolute atomic E-state index is 11.3. The van der Waals surface area contributed by atoms with E-state index in [9.17, 15) is 4.79 Å². The predicted octanol–water partition coefficient (Wildman–Crippen LogP) is 3.36. The van der Waals surface area contributed by atoms with Crippen LogP contribution in [0.15, 0.2) is 18.2 Å². The van der Waals surface area contributed by atoms with Gasteiger partial charge in [0.15, 0.2) is 0 Å². The van der Waals surface area contributed by atoms with Gasteiger partial charge in [-0.3, -0.25) is 4.79 Å². The Morgan fingerprint density at radius 3 is 2.62 bits per heavy atom. The maximum Gasteiger partial charge on any atom is 0.221 e. The van der Waals surface area contributed by atoms with Gasteiger partial charge in [-0.15, -0.1) is 0 Å². The number of benzene rings is 1. The van der Waals surface area contributed by atoms with Crippen molar-refractivity contribution in [3.05, 3.63) is 33.8 Å². The van der Waals surface area contributed by atoms with Crippen molar-refractivity contribution in [1.82, 2.24) is 0 Å². The predicted molar refractivity (Wildman–Crippen MR) is 65.7 cm³/mol. The first-order chi connectivity index (χ1) is 7.59. The Labute approximate surface area is 105 Å². The normalized spacial score (nSPS) is 24.6. The lowest BCUT2D eigenvalue weighted by atomic mass is 9.88. The van der Waals surface area contributed by atoms with Gasteiger partial charge in [0.05, 0.1) is 10.0 Å². The molecule has 0 heterocycles. The van der Waals surface area contributed by atoms with Gasteiger partial charge >= 0.3 is 0 Å². The number of nitrogens with two attached hydrogens (primary N) is 1. The molecule has 86 valence electrons. The van der Waals surface area contributed by atoms with Gasteiger partial charge in [0.25, 0.3) is 0 Å². The molecule has 1 unspecified atom stereocenters. The molecule has 2 nitrogen and oxygen atoms in total. The van der Waals surface area contributed by atoms with Crippen LogP contribution in [0.2, 0.25) is 10.0 Å². The molecule has 4 heteroatoms. The average molecular weight is 258 g/mol. The molecule has 1 aliphatic carbocycles. The van der Waals surface area contributed by atoms with Gasteiger partial charge in [-0.05, 0) is 36.5 Å². The fraction of sp³-hybridized carbons (Fsp3) is 0.417. The highest BCUT2D eigenvalue weighted by Crippen LogP contribution is 2.40. The standard InChI is InChI=1S/C12H13Cl2NO/c13-10-5-4-7(6-11(10)14)8-2-1-3-9(8)12(15)16/h4-6,8-9H,1-3H2,(H2,15,16)/t8-,9?/m1/s1. The molecule has 16 heavy (non-hydrogen) atoms. The number of rotatable bonds is 2. The van der Waals surface area contributed by atoms with Crippen LogP contribution in [0.1, 0.15) is 30.7 Å². The van der Waals surface area contributed by atoms with Gasteiger partial charge in [-0.25, -0.2) is 0 Å². The molecule has 0 bridgehead atoms. The summed E-state index contributed by atoms with van der Waals surface area (Å²) in [6, 6.07) is 5.55. The van der Waals surface area contributed by atoms with Crippen molar-refractivity contribution in [3.8, 4) is 0 Å². The van der Waals surface area contributed by atoms with Crippen LogP contribution in [0.4, 0.5) is 0 Å². The van der Waals surface area contributed by atoms with Crippen molar-refractivity contribution in [1.29, 1.82) is 0 Å². The van der Waals surface area contributed by atoms with Crippen LogP contribution in [-0.4, -0.2) is 5.91 Å². The van der Waals surface area contributed by atoms with Crippen LogP contribution in [-0.2, 0) is 4.79 Å². The lowest BCUT2D eigenvalue weighted by Crippen LogP contribution is -2.25. The topological polar surface area (TPSA) is 43.1 Å². The summed E-state index contributed by atoms with van der Waals surface area (Å²) >= 11 is 11.8. The number of hydrogen-bond acceptors (Lipinski definition) is 1. The third-order valence-electron chi connectivity index (χ3n) is 3.25. The minimum absolute atomic E-state index is 0.0581. The van der Waals surface area contributed by atoms with Crippen molar-refractivity contribution in [2.75, 3.05) is 0 Å². The Hall–Kier alpha value is -0.730. The average Bonchev–Trinajstić information content (AvgIpc) is 2.71. The van der Waals surface area contributed by atoms with Crippen LogP contribution in [0.3, 0.4) is 0 Å². The molecule has 1 aromatic rings. The highest BCUT2D eigenvalue weighted by Gasteiger charge is 2.32. The van der Waals surface area contributed by atoms with Crippen LogP contribution in [0.5, 0.6) is 0 Å². The summed E-state index contributed by atoms with van der Waals surface area (Å²) in [5, 5.41) is 1.08. The smallest absolute Gasteiger partial charge is 0.221 e. The van der Waals surface area contributed by atoms with E-state index in [1.165, 1.54) is 0 Å². The van der Waals surface area contributed by atoms with E-state index in [0.717, 1.165) is 24.8 Å². The zero-order valence-corrected chi connectivity index (χ0v) is 10.3. The summed E-state index contributed by atoms with van der Waals surface area (Å²) in [6.07, 6.45) is 2.91. The summed E-state index contributed by atoms with van der Waals surface area (Å²) in [5.74, 6) is -0.0712. The van der Waals surface area contributed by atoms with Gasteiger partial charge in [0, 0.05) is 5.92 Å². The van der Waals surface area contributed by atoms with Crippen LogP contribution < -0.4 is 5.73 Å². The van der Waals surface area contributed by atoms with Gasteiger partial charge in [-0.1, -0.05) is 35.7 Å². The van der Waals surface area contributed by atoms with Gasteiger partial charge in [-0.2, -0.15) is 0 Å². The highest BCUT2D eigenvalue weighted by atomic mass is 35.5. The molecule has 2 atom stereocenters. The van der Waals surface area contributed by atoms with Crippen LogP contribution in [0.25, 0.3) is 0 Å². The fourth-order valence-corrected chi connectivity index (χ4v) is 2.75. The third-order valence-corrected chi connectivity index (χ3v) is 3.99. The molecule has 1 aliphatic rings. The first-order valence-electron chi connectivity index (χ1n) is 5.34. The van der Waals surface area contributed by atoms with Gasteiger partial charge in [0.2, 0.25) is 5.91 Å². The molecule has 0 aliphatic heterocycles. The first kappa shape index (κ1) is 11.7. The monoisotopic (exact) mass is 257 g/mol. The molecule has 0 saturated heterocycles. The fourth-order valence-electron chi connectivity index (χ4n) is 2.44. The lowest BCUT2D eigenvalue weighted by Gasteiger charge is -2.17. The second-order valence-corrected chi connectivity index (χ2v) is 5.03. The zero-order valence-electron chi connectivity index (χ0n) is 8.75. The molecular formula is C12H13Cl2NO. The van der Waals surface area contributed by atoms with Crippen molar-refractivity contribution >= 4 is 29.1 Å². The van der Waals surface area contributed by atoms with E-state index in [1.54, 1.807) is 6.07 Å². The largest absolute Gasteiger partial charge is 0.369 e. The number of carbonyl (C=O) groups excluding carboxylic acids is 1. The molecule has 1 amide bonds. The summed E-state index contributed by atoms with van der Waals surface area (Å²) < 4.78 is 0. The number of hydrogen-bond donors (Lipinski definition) is 1. The quantitative estimate of drug-likeness (QED) is 0.868. The third kappa shape index (κ3) is 2.18. The Balaban J connectivity index is 2.29. The number of amides is 1. The molecule has 1 fully saturated rings. The molecule has 1 aromatic carbocycles. The van der Waals surface area contributed by atoms with Crippen LogP contribution in [0, 0.1) is 5.92 Å². The Morgan fingerprint density at radius 2 is 2.00 bits per heavy atom. The molecule has 1 saturated carbocycles. The summed E-state index contributed by atoms with van der Waals surface area (Å²) in [7, 11) is 0. The van der Waals surface area contributed by atoms with E-state index in [2.05, 4.69) is 0 Å². The Bertz CT molecular complexity index is 419. The Morgan fingerprint density at radius 1 is 1.25 bits per heavy atom. The van der Waals surface area contributed by atoms with Crippen molar-refractivity contribution in [3.63, 3.8) is 0 Å². The molecule has 0 radical (unpaired) electrons. The van der Waals surface area contributed by atoms with Crippen molar-refractivity contribution < 1.29 is 4.79 Å². The van der Waals surface area contributed by atoms with Gasteiger partial charge < -0.3 is 5.73 Å². The molecule has 0 spiro atoms. The number of halogens is 2. The minimum Gasteiger partial charge on any atom is -0.369 e. The SMILES string of the molecule is NC(=O)C1CCC[C@@H]1c1ccc(Cl)c(Cl)c1. The number of primary amides is 1.